The number of halogens is 1. The fourth-order valence-corrected chi connectivity index (χ4v) is 4.17. The molecule has 28 heavy (non-hydrogen) atoms. The van der Waals surface area contributed by atoms with Crippen LogP contribution in [-0.2, 0) is 0 Å². The molecule has 0 aliphatic heterocycles. The molecule has 2 aromatic heterocycles. The molecular weight excluding hydrogens is 468 g/mol. The normalized spacial score (nSPS) is 10.1. The number of benzene rings is 1. The lowest BCUT2D eigenvalue weighted by atomic mass is 10.2. The second kappa shape index (κ2) is 9.26. The molecule has 0 unspecified atom stereocenters. The molecule has 0 saturated heterocycles. The first-order valence-electron chi connectivity index (χ1n) is 7.83. The standard InChI is InChI=1S/C18H18N2O5S2.BrH/c1-9-11(7-15(27-9)17(21)22)12-8-26-18(20-12)19-10-5-13(23-2)16(25-4)14(6-10)24-3;/h5-8H,1-4H3,(H,19,20)(H,21,22);1H. The molecule has 0 bridgehead atoms. The van der Waals surface area contributed by atoms with Gasteiger partial charge in [-0.1, -0.05) is 0 Å². The molecule has 3 aromatic rings. The van der Waals surface area contributed by atoms with Crippen LogP contribution in [0.25, 0.3) is 11.3 Å². The molecule has 0 fully saturated rings. The van der Waals surface area contributed by atoms with E-state index in [1.54, 1.807) is 39.5 Å². The predicted octanol–water partition coefficient (Wildman–Crippen LogP) is 5.23. The number of hydrogen-bond acceptors (Lipinski definition) is 8. The molecule has 2 heterocycles. The number of carbonyl (C=O) groups is 1. The minimum absolute atomic E-state index is 0. The van der Waals surface area contributed by atoms with Crippen molar-refractivity contribution in [3.63, 3.8) is 0 Å². The van der Waals surface area contributed by atoms with Gasteiger partial charge in [0.1, 0.15) is 4.88 Å². The lowest BCUT2D eigenvalue weighted by Crippen LogP contribution is -1.97. The minimum atomic E-state index is -0.930. The molecule has 10 heteroatoms. The van der Waals surface area contributed by atoms with Gasteiger partial charge in [-0.3, -0.25) is 0 Å². The Hall–Kier alpha value is -2.30. The molecular formula is C18H19BrN2O5S2. The summed E-state index contributed by atoms with van der Waals surface area (Å²) >= 11 is 2.67. The number of thiazole rings is 1. The van der Waals surface area contributed by atoms with Gasteiger partial charge in [0, 0.05) is 33.6 Å². The van der Waals surface area contributed by atoms with E-state index >= 15 is 0 Å². The summed E-state index contributed by atoms with van der Waals surface area (Å²) in [6, 6.07) is 5.24. The highest BCUT2D eigenvalue weighted by Gasteiger charge is 2.16. The van der Waals surface area contributed by atoms with Crippen molar-refractivity contribution in [2.45, 2.75) is 6.92 Å². The zero-order valence-electron chi connectivity index (χ0n) is 15.6. The summed E-state index contributed by atoms with van der Waals surface area (Å²) in [5, 5.41) is 14.9. The maximum atomic E-state index is 11.2. The molecule has 1 aromatic carbocycles. The molecule has 2 N–H and O–H groups in total. The highest BCUT2D eigenvalue weighted by molar-refractivity contribution is 8.93. The van der Waals surface area contributed by atoms with Crippen molar-refractivity contribution in [1.29, 1.82) is 0 Å². The molecule has 0 aliphatic rings. The monoisotopic (exact) mass is 486 g/mol. The number of aromatic nitrogens is 1. The fraction of sp³-hybridized carbons (Fsp3) is 0.222. The molecule has 0 spiro atoms. The third-order valence-electron chi connectivity index (χ3n) is 3.82. The Morgan fingerprint density at radius 2 is 1.75 bits per heavy atom. The number of ether oxygens (including phenoxy) is 3. The van der Waals surface area contributed by atoms with Gasteiger partial charge in [0.05, 0.1) is 27.0 Å². The Morgan fingerprint density at radius 3 is 2.25 bits per heavy atom. The van der Waals surface area contributed by atoms with Gasteiger partial charge in [0.15, 0.2) is 16.6 Å². The average Bonchev–Trinajstić information content (AvgIpc) is 3.27. The maximum absolute atomic E-state index is 11.2. The number of rotatable bonds is 7. The number of carboxylic acids is 1. The Morgan fingerprint density at radius 1 is 1.11 bits per heavy atom. The van der Waals surface area contributed by atoms with Gasteiger partial charge in [-0.25, -0.2) is 9.78 Å². The number of carboxylic acid groups (broad SMARTS) is 1. The number of anilines is 2. The van der Waals surface area contributed by atoms with Gasteiger partial charge in [0.25, 0.3) is 0 Å². The molecule has 150 valence electrons. The van der Waals surface area contributed by atoms with Crippen molar-refractivity contribution >= 4 is 56.4 Å². The van der Waals surface area contributed by atoms with Crippen LogP contribution in [0.1, 0.15) is 14.5 Å². The number of hydrogen-bond donors (Lipinski definition) is 2. The van der Waals surface area contributed by atoms with Crippen molar-refractivity contribution in [2.75, 3.05) is 26.6 Å². The van der Waals surface area contributed by atoms with Crippen molar-refractivity contribution < 1.29 is 24.1 Å². The van der Waals surface area contributed by atoms with Crippen molar-refractivity contribution in [3.05, 3.63) is 33.3 Å². The van der Waals surface area contributed by atoms with Crippen molar-refractivity contribution in [2.24, 2.45) is 0 Å². The summed E-state index contributed by atoms with van der Waals surface area (Å²) in [5.74, 6) is 0.660. The van der Waals surface area contributed by atoms with Crippen molar-refractivity contribution in [3.8, 4) is 28.5 Å². The number of aromatic carboxylic acids is 1. The van der Waals surface area contributed by atoms with E-state index in [2.05, 4.69) is 10.3 Å². The smallest absolute Gasteiger partial charge is 0.345 e. The predicted molar refractivity (Wildman–Crippen MR) is 117 cm³/mol. The van der Waals surface area contributed by atoms with Crippen LogP contribution < -0.4 is 19.5 Å². The fourth-order valence-electron chi connectivity index (χ4n) is 2.57. The molecule has 0 aliphatic carbocycles. The molecule has 0 saturated carbocycles. The highest BCUT2D eigenvalue weighted by atomic mass is 79.9. The SMILES string of the molecule is Br.COc1cc(Nc2nc(-c3cc(C(=O)O)sc3C)cs2)cc(OC)c1OC. The number of nitrogens with zero attached hydrogens (tertiary/aromatic N) is 1. The van der Waals surface area contributed by atoms with Crippen LogP contribution in [0.5, 0.6) is 17.2 Å². The second-order valence-electron chi connectivity index (χ2n) is 5.46. The Bertz CT molecular complexity index is 961. The van der Waals surface area contributed by atoms with E-state index in [1.165, 1.54) is 22.7 Å². The van der Waals surface area contributed by atoms with E-state index in [9.17, 15) is 4.79 Å². The van der Waals surface area contributed by atoms with Crippen LogP contribution in [0.15, 0.2) is 23.6 Å². The van der Waals surface area contributed by atoms with Crippen LogP contribution in [0.3, 0.4) is 0 Å². The Labute approximate surface area is 180 Å². The average molecular weight is 487 g/mol. The Balaban J connectivity index is 0.00000280. The van der Waals surface area contributed by atoms with E-state index < -0.39 is 5.97 Å². The van der Waals surface area contributed by atoms with Crippen LogP contribution in [-0.4, -0.2) is 37.4 Å². The van der Waals surface area contributed by atoms with E-state index in [1.807, 2.05) is 12.3 Å². The summed E-state index contributed by atoms with van der Waals surface area (Å²) in [6.07, 6.45) is 0. The number of nitrogens with one attached hydrogen (secondary N) is 1. The molecule has 3 rings (SSSR count). The third-order valence-corrected chi connectivity index (χ3v) is 5.62. The summed E-state index contributed by atoms with van der Waals surface area (Å²) in [6.45, 7) is 1.89. The first-order valence-corrected chi connectivity index (χ1v) is 9.53. The number of methoxy groups -OCH3 is 3. The maximum Gasteiger partial charge on any atom is 0.345 e. The third kappa shape index (κ3) is 4.40. The van der Waals surface area contributed by atoms with Crippen LogP contribution in [0.4, 0.5) is 10.8 Å². The van der Waals surface area contributed by atoms with Gasteiger partial charge >= 0.3 is 5.97 Å². The van der Waals surface area contributed by atoms with Gasteiger partial charge in [-0.15, -0.1) is 39.7 Å². The van der Waals surface area contributed by atoms with Crippen LogP contribution in [0, 0.1) is 6.92 Å². The molecule has 0 amide bonds. The minimum Gasteiger partial charge on any atom is -0.493 e. The number of aryl methyl sites for hydroxylation is 1. The van der Waals surface area contributed by atoms with E-state index in [4.69, 9.17) is 19.3 Å². The largest absolute Gasteiger partial charge is 0.493 e. The lowest BCUT2D eigenvalue weighted by Gasteiger charge is -2.14. The summed E-state index contributed by atoms with van der Waals surface area (Å²) in [5.41, 5.74) is 2.29. The van der Waals surface area contributed by atoms with E-state index in [-0.39, 0.29) is 17.0 Å². The zero-order chi connectivity index (χ0) is 19.6. The molecule has 0 radical (unpaired) electrons. The van der Waals surface area contributed by atoms with Gasteiger partial charge in [-0.2, -0.15) is 0 Å². The molecule has 0 atom stereocenters. The lowest BCUT2D eigenvalue weighted by molar-refractivity contribution is 0.0702. The van der Waals surface area contributed by atoms with Crippen molar-refractivity contribution in [1.82, 2.24) is 4.98 Å². The first-order chi connectivity index (χ1) is 13.0. The zero-order valence-corrected chi connectivity index (χ0v) is 18.9. The van der Waals surface area contributed by atoms with Gasteiger partial charge in [-0.05, 0) is 13.0 Å². The second-order valence-corrected chi connectivity index (χ2v) is 7.58. The van der Waals surface area contributed by atoms with E-state index in [0.717, 1.165) is 21.8 Å². The first kappa shape index (κ1) is 22.0. The van der Waals surface area contributed by atoms with Gasteiger partial charge < -0.3 is 24.6 Å². The Kier molecular flexibility index (Phi) is 7.28. The quantitative estimate of drug-likeness (QED) is 0.472. The van der Waals surface area contributed by atoms with E-state index in [0.29, 0.717) is 27.3 Å². The summed E-state index contributed by atoms with van der Waals surface area (Å²) in [7, 11) is 4.67. The topological polar surface area (TPSA) is 89.9 Å². The summed E-state index contributed by atoms with van der Waals surface area (Å²) < 4.78 is 16.0. The molecule has 7 nitrogen and oxygen atoms in total. The van der Waals surface area contributed by atoms with Crippen LogP contribution >= 0.6 is 39.7 Å². The van der Waals surface area contributed by atoms with Crippen LogP contribution in [0.2, 0.25) is 0 Å². The number of thiophene rings is 1. The highest BCUT2D eigenvalue weighted by Crippen LogP contribution is 2.41. The van der Waals surface area contributed by atoms with Gasteiger partial charge in [0.2, 0.25) is 5.75 Å². The summed E-state index contributed by atoms with van der Waals surface area (Å²) in [4.78, 5) is 16.9.